The van der Waals surface area contributed by atoms with Gasteiger partial charge in [-0.3, -0.25) is 4.79 Å². The highest BCUT2D eigenvalue weighted by atomic mass is 19.1. The number of halogens is 1. The third-order valence-corrected chi connectivity index (χ3v) is 3.44. The van der Waals surface area contributed by atoms with Crippen molar-refractivity contribution >= 4 is 5.91 Å². The number of aryl methyl sites for hydroxylation is 1. The molecule has 1 aromatic heterocycles. The molecule has 0 unspecified atom stereocenters. The van der Waals surface area contributed by atoms with Crippen molar-refractivity contribution in [1.29, 1.82) is 0 Å². The van der Waals surface area contributed by atoms with Crippen molar-refractivity contribution in [2.24, 2.45) is 0 Å². The van der Waals surface area contributed by atoms with Crippen LogP contribution in [0, 0.1) is 12.7 Å². The molecule has 0 aliphatic rings. The minimum absolute atomic E-state index is 0.180. The van der Waals surface area contributed by atoms with Gasteiger partial charge in [0, 0.05) is 19.2 Å². The predicted molar refractivity (Wildman–Crippen MR) is 81.9 cm³/mol. The third-order valence-electron chi connectivity index (χ3n) is 3.44. The minimum Gasteiger partial charge on any atom is -0.351 e. The van der Waals surface area contributed by atoms with Crippen LogP contribution in [-0.2, 0) is 6.54 Å². The van der Waals surface area contributed by atoms with E-state index in [9.17, 15) is 9.18 Å². The number of aromatic nitrogens is 1. The first kappa shape index (κ1) is 16.2. The van der Waals surface area contributed by atoms with Crippen LogP contribution in [0.5, 0.6) is 0 Å². The van der Waals surface area contributed by atoms with Crippen LogP contribution in [0.1, 0.15) is 48.0 Å². The average Bonchev–Trinajstić information content (AvgIpc) is 2.94. The fourth-order valence-corrected chi connectivity index (χ4v) is 2.24. The Morgan fingerprint density at radius 2 is 2.00 bits per heavy atom. The van der Waals surface area contributed by atoms with Crippen LogP contribution < -0.4 is 0 Å². The zero-order valence-corrected chi connectivity index (χ0v) is 13.0. The summed E-state index contributed by atoms with van der Waals surface area (Å²) >= 11 is 0. The highest BCUT2D eigenvalue weighted by molar-refractivity contribution is 5.91. The van der Waals surface area contributed by atoms with Gasteiger partial charge in [-0.25, -0.2) is 4.39 Å². The molecular weight excluding hydrogens is 283 g/mol. The summed E-state index contributed by atoms with van der Waals surface area (Å²) in [5.41, 5.74) is 1.57. The molecule has 0 saturated carbocycles. The number of carbonyl (C=O) groups is 1. The highest BCUT2D eigenvalue weighted by Crippen LogP contribution is 2.13. The topological polar surface area (TPSA) is 46.3 Å². The fraction of sp³-hybridized carbons (Fsp3) is 0.412. The Hall–Kier alpha value is -2.17. The van der Waals surface area contributed by atoms with Gasteiger partial charge in [-0.1, -0.05) is 37.1 Å². The van der Waals surface area contributed by atoms with E-state index < -0.39 is 0 Å². The minimum atomic E-state index is -0.279. The third kappa shape index (κ3) is 4.41. The van der Waals surface area contributed by atoms with Gasteiger partial charge in [0.1, 0.15) is 5.82 Å². The first-order chi connectivity index (χ1) is 10.6. The van der Waals surface area contributed by atoms with Gasteiger partial charge in [-0.15, -0.1) is 0 Å². The van der Waals surface area contributed by atoms with Gasteiger partial charge in [0.2, 0.25) is 5.76 Å². The van der Waals surface area contributed by atoms with Crippen molar-refractivity contribution < 1.29 is 13.7 Å². The Bertz CT molecular complexity index is 607. The zero-order valence-electron chi connectivity index (χ0n) is 13.0. The summed E-state index contributed by atoms with van der Waals surface area (Å²) < 4.78 is 18.1. The van der Waals surface area contributed by atoms with Gasteiger partial charge in [-0.2, -0.15) is 0 Å². The van der Waals surface area contributed by atoms with Crippen molar-refractivity contribution in [3.05, 3.63) is 53.2 Å². The molecule has 0 aliphatic heterocycles. The lowest BCUT2D eigenvalue weighted by Crippen LogP contribution is -2.31. The monoisotopic (exact) mass is 304 g/mol. The van der Waals surface area contributed by atoms with Gasteiger partial charge in [0.25, 0.3) is 5.91 Å². The Balaban J connectivity index is 2.10. The Labute approximate surface area is 129 Å². The van der Waals surface area contributed by atoms with E-state index in [1.807, 2.05) is 0 Å². The molecule has 0 aliphatic carbocycles. The number of benzene rings is 1. The summed E-state index contributed by atoms with van der Waals surface area (Å²) in [6.45, 7) is 4.97. The molecule has 118 valence electrons. The molecule has 1 aromatic carbocycles. The van der Waals surface area contributed by atoms with E-state index in [1.165, 1.54) is 12.1 Å². The van der Waals surface area contributed by atoms with Gasteiger partial charge in [0.05, 0.1) is 5.69 Å². The molecule has 0 fully saturated rings. The number of carbonyl (C=O) groups excluding carboxylic acids is 1. The standard InChI is InChI=1S/C17H21FN2O2/c1-3-4-5-10-20(12-14-6-8-15(18)9-7-14)17(21)16-11-13(2)19-22-16/h6-9,11H,3-5,10,12H2,1-2H3. The van der Waals surface area contributed by atoms with Crippen LogP contribution >= 0.6 is 0 Å². The number of rotatable bonds is 7. The summed E-state index contributed by atoms with van der Waals surface area (Å²) in [7, 11) is 0. The molecule has 5 heteroatoms. The van der Waals surface area contributed by atoms with Crippen LogP contribution in [0.15, 0.2) is 34.9 Å². The average molecular weight is 304 g/mol. The SMILES string of the molecule is CCCCCN(Cc1ccc(F)cc1)C(=O)c1cc(C)no1. The lowest BCUT2D eigenvalue weighted by Gasteiger charge is -2.21. The molecular formula is C17H21FN2O2. The molecule has 0 spiro atoms. The Kier molecular flexibility index (Phi) is 5.69. The van der Waals surface area contributed by atoms with Crippen molar-refractivity contribution in [2.45, 2.75) is 39.7 Å². The highest BCUT2D eigenvalue weighted by Gasteiger charge is 2.20. The number of hydrogen-bond acceptors (Lipinski definition) is 3. The second-order valence-corrected chi connectivity index (χ2v) is 5.39. The van der Waals surface area contributed by atoms with Crippen molar-refractivity contribution in [2.75, 3.05) is 6.54 Å². The number of hydrogen-bond donors (Lipinski definition) is 0. The van der Waals surface area contributed by atoms with E-state index in [0.29, 0.717) is 18.8 Å². The number of unbranched alkanes of at least 4 members (excludes halogenated alkanes) is 2. The van der Waals surface area contributed by atoms with E-state index in [4.69, 9.17) is 4.52 Å². The van der Waals surface area contributed by atoms with E-state index in [1.54, 1.807) is 30.0 Å². The van der Waals surface area contributed by atoms with E-state index in [2.05, 4.69) is 12.1 Å². The quantitative estimate of drug-likeness (QED) is 0.727. The Morgan fingerprint density at radius 3 is 2.59 bits per heavy atom. The van der Waals surface area contributed by atoms with Crippen molar-refractivity contribution in [3.63, 3.8) is 0 Å². The van der Waals surface area contributed by atoms with E-state index in [0.717, 1.165) is 24.8 Å². The lowest BCUT2D eigenvalue weighted by molar-refractivity contribution is 0.0698. The van der Waals surface area contributed by atoms with Crippen molar-refractivity contribution in [1.82, 2.24) is 10.1 Å². The molecule has 2 rings (SSSR count). The molecule has 0 atom stereocenters. The Morgan fingerprint density at radius 1 is 1.27 bits per heavy atom. The summed E-state index contributed by atoms with van der Waals surface area (Å²) in [5, 5.41) is 3.76. The number of nitrogens with zero attached hydrogens (tertiary/aromatic N) is 2. The summed E-state index contributed by atoms with van der Waals surface area (Å²) in [6, 6.07) is 7.84. The summed E-state index contributed by atoms with van der Waals surface area (Å²) in [5.74, 6) is -0.212. The van der Waals surface area contributed by atoms with Gasteiger partial charge in [0.15, 0.2) is 0 Å². The maximum atomic E-state index is 13.0. The van der Waals surface area contributed by atoms with Crippen LogP contribution in [0.3, 0.4) is 0 Å². The maximum absolute atomic E-state index is 13.0. The molecule has 0 saturated heterocycles. The summed E-state index contributed by atoms with van der Waals surface area (Å²) in [4.78, 5) is 14.3. The molecule has 0 bridgehead atoms. The predicted octanol–water partition coefficient (Wildman–Crippen LogP) is 3.95. The lowest BCUT2D eigenvalue weighted by atomic mass is 10.1. The smallest absolute Gasteiger partial charge is 0.292 e. The molecule has 1 heterocycles. The second-order valence-electron chi connectivity index (χ2n) is 5.39. The van der Waals surface area contributed by atoms with Crippen LogP contribution in [-0.4, -0.2) is 22.5 Å². The molecule has 0 radical (unpaired) electrons. The molecule has 22 heavy (non-hydrogen) atoms. The molecule has 4 nitrogen and oxygen atoms in total. The van der Waals surface area contributed by atoms with Gasteiger partial charge in [-0.05, 0) is 31.0 Å². The van der Waals surface area contributed by atoms with Gasteiger partial charge >= 0.3 is 0 Å². The van der Waals surface area contributed by atoms with E-state index in [-0.39, 0.29) is 17.5 Å². The second kappa shape index (κ2) is 7.73. The van der Waals surface area contributed by atoms with Crippen LogP contribution in [0.25, 0.3) is 0 Å². The normalized spacial score (nSPS) is 10.7. The maximum Gasteiger partial charge on any atom is 0.292 e. The molecule has 0 N–H and O–H groups in total. The molecule has 1 amide bonds. The van der Waals surface area contributed by atoms with Crippen LogP contribution in [0.2, 0.25) is 0 Å². The largest absolute Gasteiger partial charge is 0.351 e. The molecule has 2 aromatic rings. The first-order valence-electron chi connectivity index (χ1n) is 7.57. The summed E-state index contributed by atoms with van der Waals surface area (Å²) in [6.07, 6.45) is 3.07. The van der Waals surface area contributed by atoms with Gasteiger partial charge < -0.3 is 9.42 Å². The fourth-order valence-electron chi connectivity index (χ4n) is 2.24. The van der Waals surface area contributed by atoms with Crippen LogP contribution in [0.4, 0.5) is 4.39 Å². The van der Waals surface area contributed by atoms with E-state index >= 15 is 0 Å². The first-order valence-corrected chi connectivity index (χ1v) is 7.57. The van der Waals surface area contributed by atoms with Crippen molar-refractivity contribution in [3.8, 4) is 0 Å². The zero-order chi connectivity index (χ0) is 15.9. The number of amides is 1.